The Bertz CT molecular complexity index is 630. The molecule has 0 spiro atoms. The molecule has 1 fully saturated rings. The van der Waals surface area contributed by atoms with Crippen LogP contribution in [0.1, 0.15) is 42.2 Å². The molecule has 4 heteroatoms. The van der Waals surface area contributed by atoms with Crippen LogP contribution in [0, 0.1) is 6.92 Å². The smallest absolute Gasteiger partial charge is 0.276 e. The van der Waals surface area contributed by atoms with Gasteiger partial charge < -0.3 is 9.42 Å². The Kier molecular flexibility index (Phi) is 3.78. The normalized spacial score (nSPS) is 18.8. The molecular weight excluding hydrogens is 264 g/mol. The summed E-state index contributed by atoms with van der Waals surface area (Å²) in [5.74, 6) is 0.618. The summed E-state index contributed by atoms with van der Waals surface area (Å²) in [6, 6.07) is 10.0. The molecule has 0 radical (unpaired) electrons. The van der Waals surface area contributed by atoms with Crippen molar-refractivity contribution in [1.29, 1.82) is 0 Å². The molecule has 2 heterocycles. The largest absolute Gasteiger partial charge is 0.355 e. The molecule has 110 valence electrons. The number of aromatic nitrogens is 1. The zero-order valence-electron chi connectivity index (χ0n) is 12.5. The molecule has 1 aromatic heterocycles. The molecule has 0 aliphatic carbocycles. The Labute approximate surface area is 124 Å². The van der Waals surface area contributed by atoms with Gasteiger partial charge in [0.25, 0.3) is 5.91 Å². The van der Waals surface area contributed by atoms with Crippen molar-refractivity contribution >= 4 is 5.91 Å². The minimum atomic E-state index is -0.0238. The monoisotopic (exact) mass is 284 g/mol. The molecule has 3 rings (SSSR count). The van der Waals surface area contributed by atoms with Gasteiger partial charge in [0.2, 0.25) is 0 Å². The van der Waals surface area contributed by atoms with Gasteiger partial charge >= 0.3 is 0 Å². The van der Waals surface area contributed by atoms with Gasteiger partial charge in [-0.25, -0.2) is 0 Å². The highest BCUT2D eigenvalue weighted by atomic mass is 16.5. The standard InChI is InChI=1S/C17H20N2O2/c1-12-6-8-14(9-7-12)16-11-15(18-21-16)17(20)19-10-4-3-5-13(19)2/h6-9,11,13H,3-5,10H2,1-2H3/t13-/m1/s1. The topological polar surface area (TPSA) is 46.3 Å². The highest BCUT2D eigenvalue weighted by Gasteiger charge is 2.26. The fourth-order valence-corrected chi connectivity index (χ4v) is 2.78. The molecule has 0 saturated carbocycles. The zero-order valence-corrected chi connectivity index (χ0v) is 12.5. The van der Waals surface area contributed by atoms with Crippen LogP contribution in [0.2, 0.25) is 0 Å². The lowest BCUT2D eigenvalue weighted by atomic mass is 10.0. The highest BCUT2D eigenvalue weighted by Crippen LogP contribution is 2.23. The van der Waals surface area contributed by atoms with Crippen LogP contribution >= 0.6 is 0 Å². The average molecular weight is 284 g/mol. The van der Waals surface area contributed by atoms with Gasteiger partial charge in [-0.2, -0.15) is 0 Å². The van der Waals surface area contributed by atoms with Crippen molar-refractivity contribution in [3.8, 4) is 11.3 Å². The Morgan fingerprint density at radius 1 is 1.29 bits per heavy atom. The maximum absolute atomic E-state index is 12.5. The van der Waals surface area contributed by atoms with Crippen molar-refractivity contribution in [2.45, 2.75) is 39.2 Å². The molecule has 1 amide bonds. The van der Waals surface area contributed by atoms with Crippen LogP contribution in [0.4, 0.5) is 0 Å². The maximum Gasteiger partial charge on any atom is 0.276 e. The number of hydrogen-bond acceptors (Lipinski definition) is 3. The van der Waals surface area contributed by atoms with Crippen molar-refractivity contribution in [3.05, 3.63) is 41.6 Å². The summed E-state index contributed by atoms with van der Waals surface area (Å²) in [7, 11) is 0. The van der Waals surface area contributed by atoms with Crippen molar-refractivity contribution in [3.63, 3.8) is 0 Å². The Balaban J connectivity index is 1.81. The van der Waals surface area contributed by atoms with Crippen molar-refractivity contribution in [1.82, 2.24) is 10.1 Å². The molecule has 21 heavy (non-hydrogen) atoms. The number of carbonyl (C=O) groups excluding carboxylic acids is 1. The van der Waals surface area contributed by atoms with Crippen LogP contribution in [0.25, 0.3) is 11.3 Å². The third-order valence-electron chi connectivity index (χ3n) is 4.13. The highest BCUT2D eigenvalue weighted by molar-refractivity contribution is 5.93. The van der Waals surface area contributed by atoms with Crippen LogP contribution in [-0.4, -0.2) is 28.6 Å². The van der Waals surface area contributed by atoms with E-state index in [9.17, 15) is 4.79 Å². The van der Waals surface area contributed by atoms with Crippen LogP contribution in [-0.2, 0) is 0 Å². The van der Waals surface area contributed by atoms with E-state index in [0.29, 0.717) is 11.5 Å². The van der Waals surface area contributed by atoms with Crippen LogP contribution in [0.5, 0.6) is 0 Å². The van der Waals surface area contributed by atoms with Gasteiger partial charge in [0, 0.05) is 24.2 Å². The second-order valence-corrected chi connectivity index (χ2v) is 5.79. The molecule has 1 saturated heterocycles. The number of likely N-dealkylation sites (tertiary alicyclic amines) is 1. The van der Waals surface area contributed by atoms with Gasteiger partial charge in [-0.05, 0) is 33.1 Å². The second-order valence-electron chi connectivity index (χ2n) is 5.79. The molecule has 1 aliphatic heterocycles. The Morgan fingerprint density at radius 2 is 2.05 bits per heavy atom. The molecule has 0 unspecified atom stereocenters. The Hall–Kier alpha value is -2.10. The number of piperidine rings is 1. The number of hydrogen-bond donors (Lipinski definition) is 0. The average Bonchev–Trinajstić information content (AvgIpc) is 2.98. The first kappa shape index (κ1) is 13.9. The van der Waals surface area contributed by atoms with Crippen molar-refractivity contribution in [2.75, 3.05) is 6.54 Å². The Morgan fingerprint density at radius 3 is 2.76 bits per heavy atom. The first-order valence-electron chi connectivity index (χ1n) is 7.50. The van der Waals surface area contributed by atoms with E-state index in [-0.39, 0.29) is 11.9 Å². The van der Waals surface area contributed by atoms with E-state index in [2.05, 4.69) is 12.1 Å². The minimum Gasteiger partial charge on any atom is -0.355 e. The summed E-state index contributed by atoms with van der Waals surface area (Å²) in [5, 5.41) is 3.96. The van der Waals surface area contributed by atoms with E-state index in [1.54, 1.807) is 6.07 Å². The van der Waals surface area contributed by atoms with Gasteiger partial charge in [-0.3, -0.25) is 4.79 Å². The van der Waals surface area contributed by atoms with Crippen molar-refractivity contribution in [2.24, 2.45) is 0 Å². The lowest BCUT2D eigenvalue weighted by Gasteiger charge is -2.32. The molecule has 2 aromatic rings. The van der Waals surface area contributed by atoms with Gasteiger partial charge in [-0.1, -0.05) is 35.0 Å². The van der Waals surface area contributed by atoms with E-state index >= 15 is 0 Å². The van der Waals surface area contributed by atoms with E-state index in [1.807, 2.05) is 36.1 Å². The quantitative estimate of drug-likeness (QED) is 0.845. The zero-order chi connectivity index (χ0) is 14.8. The second kappa shape index (κ2) is 5.72. The lowest BCUT2D eigenvalue weighted by Crippen LogP contribution is -2.42. The summed E-state index contributed by atoms with van der Waals surface area (Å²) < 4.78 is 5.34. The van der Waals surface area contributed by atoms with E-state index < -0.39 is 0 Å². The molecular formula is C17H20N2O2. The van der Waals surface area contributed by atoms with Crippen molar-refractivity contribution < 1.29 is 9.32 Å². The van der Waals surface area contributed by atoms with Crippen LogP contribution in [0.15, 0.2) is 34.9 Å². The number of aryl methyl sites for hydroxylation is 1. The first-order chi connectivity index (χ1) is 10.1. The number of rotatable bonds is 2. The third-order valence-corrected chi connectivity index (χ3v) is 4.13. The number of nitrogens with zero attached hydrogens (tertiary/aromatic N) is 2. The summed E-state index contributed by atoms with van der Waals surface area (Å²) in [4.78, 5) is 14.4. The lowest BCUT2D eigenvalue weighted by molar-refractivity contribution is 0.0625. The van der Waals surface area contributed by atoms with Gasteiger partial charge in [-0.15, -0.1) is 0 Å². The van der Waals surface area contributed by atoms with Crippen LogP contribution < -0.4 is 0 Å². The maximum atomic E-state index is 12.5. The number of benzene rings is 1. The predicted molar refractivity (Wildman–Crippen MR) is 81.0 cm³/mol. The van der Waals surface area contributed by atoms with E-state index in [0.717, 1.165) is 24.9 Å². The van der Waals surface area contributed by atoms with Crippen LogP contribution in [0.3, 0.4) is 0 Å². The SMILES string of the molecule is Cc1ccc(-c2cc(C(=O)N3CCCC[C@H]3C)no2)cc1. The molecule has 1 atom stereocenters. The predicted octanol–water partition coefficient (Wildman–Crippen LogP) is 3.66. The first-order valence-corrected chi connectivity index (χ1v) is 7.50. The molecule has 4 nitrogen and oxygen atoms in total. The summed E-state index contributed by atoms with van der Waals surface area (Å²) >= 11 is 0. The summed E-state index contributed by atoms with van der Waals surface area (Å²) in [5.41, 5.74) is 2.54. The molecule has 1 aromatic carbocycles. The summed E-state index contributed by atoms with van der Waals surface area (Å²) in [6.45, 7) is 4.95. The molecule has 1 aliphatic rings. The summed E-state index contributed by atoms with van der Waals surface area (Å²) in [6.07, 6.45) is 3.32. The van der Waals surface area contributed by atoms with E-state index in [4.69, 9.17) is 4.52 Å². The third kappa shape index (κ3) is 2.84. The molecule has 0 bridgehead atoms. The van der Waals surface area contributed by atoms with Gasteiger partial charge in [0.05, 0.1) is 0 Å². The van der Waals surface area contributed by atoms with Gasteiger partial charge in [0.1, 0.15) is 0 Å². The number of amides is 1. The number of carbonyl (C=O) groups is 1. The fraction of sp³-hybridized carbons (Fsp3) is 0.412. The minimum absolute atomic E-state index is 0.0238. The molecule has 0 N–H and O–H groups in total. The van der Waals surface area contributed by atoms with Gasteiger partial charge in [0.15, 0.2) is 11.5 Å². The fourth-order valence-electron chi connectivity index (χ4n) is 2.78. The van der Waals surface area contributed by atoms with E-state index in [1.165, 1.54) is 12.0 Å².